The number of fused-ring (bicyclic) bond motifs is 1. The van der Waals surface area contributed by atoms with E-state index in [4.69, 9.17) is 14.6 Å². The topological polar surface area (TPSA) is 55.8 Å². The Balaban J connectivity index is 2.13. The lowest BCUT2D eigenvalue weighted by Crippen LogP contribution is -2.35. The van der Waals surface area contributed by atoms with E-state index in [9.17, 15) is 4.79 Å². The number of aliphatic carboxylic acids is 1. The van der Waals surface area contributed by atoms with Crippen molar-refractivity contribution in [1.82, 2.24) is 0 Å². The van der Waals surface area contributed by atoms with Crippen molar-refractivity contribution in [3.05, 3.63) is 29.3 Å². The molecular formula is C13H16O4. The molecule has 1 aromatic carbocycles. The van der Waals surface area contributed by atoms with E-state index in [1.54, 1.807) is 0 Å². The van der Waals surface area contributed by atoms with Crippen LogP contribution >= 0.6 is 0 Å². The van der Waals surface area contributed by atoms with Gasteiger partial charge in [-0.15, -0.1) is 0 Å². The van der Waals surface area contributed by atoms with Crippen molar-refractivity contribution in [1.29, 1.82) is 0 Å². The van der Waals surface area contributed by atoms with Gasteiger partial charge in [0.05, 0.1) is 6.61 Å². The third-order valence-electron chi connectivity index (χ3n) is 2.68. The average molecular weight is 236 g/mol. The van der Waals surface area contributed by atoms with Crippen LogP contribution in [0.4, 0.5) is 0 Å². The van der Waals surface area contributed by atoms with Crippen LogP contribution in [0, 0.1) is 0 Å². The predicted octanol–water partition coefficient (Wildman–Crippen LogP) is 2.35. The van der Waals surface area contributed by atoms with Crippen LogP contribution in [0.5, 0.6) is 5.75 Å². The van der Waals surface area contributed by atoms with E-state index in [1.165, 1.54) is 0 Å². The molecule has 0 amide bonds. The molecule has 92 valence electrons. The van der Waals surface area contributed by atoms with E-state index >= 15 is 0 Å². The molecule has 2 rings (SSSR count). The summed E-state index contributed by atoms with van der Waals surface area (Å²) in [5.74, 6) is -0.549. The Kier molecular flexibility index (Phi) is 3.07. The lowest BCUT2D eigenvalue weighted by molar-refractivity contribution is -0.180. The van der Waals surface area contributed by atoms with Crippen molar-refractivity contribution in [3.63, 3.8) is 0 Å². The fourth-order valence-electron chi connectivity index (χ4n) is 1.80. The van der Waals surface area contributed by atoms with E-state index in [0.29, 0.717) is 13.0 Å². The van der Waals surface area contributed by atoms with Gasteiger partial charge in [0, 0.05) is 25.8 Å². The monoisotopic (exact) mass is 236 g/mol. The number of carbonyl (C=O) groups is 1. The second-order valence-electron chi connectivity index (χ2n) is 4.63. The minimum Gasteiger partial charge on any atom is -0.481 e. The number of ether oxygens (including phenoxy) is 2. The van der Waals surface area contributed by atoms with Crippen LogP contribution in [0.3, 0.4) is 0 Å². The quantitative estimate of drug-likeness (QED) is 0.875. The maximum Gasteiger partial charge on any atom is 0.303 e. The number of rotatable bonds is 3. The summed E-state index contributed by atoms with van der Waals surface area (Å²) in [5, 5.41) is 8.63. The molecule has 0 bridgehead atoms. The van der Waals surface area contributed by atoms with E-state index < -0.39 is 11.8 Å². The molecule has 0 aromatic heterocycles. The van der Waals surface area contributed by atoms with Crippen molar-refractivity contribution < 1.29 is 19.4 Å². The Morgan fingerprint density at radius 1 is 1.47 bits per heavy atom. The molecule has 1 aromatic rings. The van der Waals surface area contributed by atoms with Crippen LogP contribution in [0.1, 0.15) is 31.4 Å². The van der Waals surface area contributed by atoms with Gasteiger partial charge < -0.3 is 14.6 Å². The zero-order chi connectivity index (χ0) is 12.5. The summed E-state index contributed by atoms with van der Waals surface area (Å²) in [6.45, 7) is 4.24. The van der Waals surface area contributed by atoms with Crippen molar-refractivity contribution in [2.75, 3.05) is 0 Å². The zero-order valence-corrected chi connectivity index (χ0v) is 10.0. The van der Waals surface area contributed by atoms with E-state index in [2.05, 4.69) is 0 Å². The van der Waals surface area contributed by atoms with Crippen LogP contribution in [0.2, 0.25) is 0 Å². The summed E-state index contributed by atoms with van der Waals surface area (Å²) in [7, 11) is 0. The summed E-state index contributed by atoms with van der Waals surface area (Å²) in [4.78, 5) is 10.5. The molecule has 0 spiro atoms. The van der Waals surface area contributed by atoms with Gasteiger partial charge in [-0.2, -0.15) is 0 Å². The highest BCUT2D eigenvalue weighted by Gasteiger charge is 2.27. The number of carboxylic acid groups (broad SMARTS) is 1. The second-order valence-corrected chi connectivity index (χ2v) is 4.63. The molecule has 0 aliphatic carbocycles. The Hall–Kier alpha value is -1.55. The van der Waals surface area contributed by atoms with Crippen molar-refractivity contribution in [3.8, 4) is 5.75 Å². The van der Waals surface area contributed by atoms with Gasteiger partial charge in [0.25, 0.3) is 0 Å². The Labute approximate surface area is 100 Å². The normalized spacial score (nSPS) is 17.1. The maximum absolute atomic E-state index is 10.5. The maximum atomic E-state index is 10.5. The smallest absolute Gasteiger partial charge is 0.303 e. The number of benzene rings is 1. The number of carboxylic acids is 1. The Morgan fingerprint density at radius 2 is 2.24 bits per heavy atom. The third kappa shape index (κ3) is 2.97. The summed E-state index contributed by atoms with van der Waals surface area (Å²) in [6, 6.07) is 5.74. The fourth-order valence-corrected chi connectivity index (χ4v) is 1.80. The second kappa shape index (κ2) is 4.37. The third-order valence-corrected chi connectivity index (χ3v) is 2.68. The van der Waals surface area contributed by atoms with Crippen LogP contribution in [-0.4, -0.2) is 16.9 Å². The number of hydrogen-bond acceptors (Lipinski definition) is 3. The molecule has 4 nitrogen and oxygen atoms in total. The van der Waals surface area contributed by atoms with Crippen LogP contribution in [0.25, 0.3) is 0 Å². The van der Waals surface area contributed by atoms with Crippen molar-refractivity contribution >= 4 is 5.97 Å². The van der Waals surface area contributed by atoms with Crippen LogP contribution < -0.4 is 4.74 Å². The van der Waals surface area contributed by atoms with Gasteiger partial charge in [0.2, 0.25) is 5.79 Å². The molecule has 0 fully saturated rings. The van der Waals surface area contributed by atoms with Gasteiger partial charge in [0.1, 0.15) is 5.75 Å². The Bertz CT molecular complexity index is 437. The van der Waals surface area contributed by atoms with Crippen LogP contribution in [-0.2, 0) is 22.6 Å². The van der Waals surface area contributed by atoms with Crippen molar-refractivity contribution in [2.45, 2.75) is 39.1 Å². The Morgan fingerprint density at radius 3 is 2.94 bits per heavy atom. The van der Waals surface area contributed by atoms with E-state index in [1.807, 2.05) is 32.0 Å². The van der Waals surface area contributed by atoms with Gasteiger partial charge in [-0.1, -0.05) is 6.07 Å². The van der Waals surface area contributed by atoms with Crippen molar-refractivity contribution in [2.24, 2.45) is 0 Å². The minimum absolute atomic E-state index is 0.145. The molecule has 0 unspecified atom stereocenters. The molecule has 1 heterocycles. The number of hydrogen-bond donors (Lipinski definition) is 1. The highest BCUT2D eigenvalue weighted by Crippen LogP contribution is 2.31. The number of aryl methyl sites for hydroxylation is 1. The zero-order valence-electron chi connectivity index (χ0n) is 10.0. The van der Waals surface area contributed by atoms with E-state index in [-0.39, 0.29) is 6.42 Å². The molecule has 0 saturated carbocycles. The van der Waals surface area contributed by atoms with Crippen LogP contribution in [0.15, 0.2) is 18.2 Å². The van der Waals surface area contributed by atoms with E-state index in [0.717, 1.165) is 16.9 Å². The first kappa shape index (κ1) is 11.9. The van der Waals surface area contributed by atoms with Gasteiger partial charge in [-0.25, -0.2) is 0 Å². The summed E-state index contributed by atoms with van der Waals surface area (Å²) in [6.07, 6.45) is 0.679. The SMILES string of the molecule is CC1(C)OCc2cc(CCC(=O)O)ccc2O1. The highest BCUT2D eigenvalue weighted by atomic mass is 16.7. The van der Waals surface area contributed by atoms with Gasteiger partial charge in [-0.05, 0) is 24.1 Å². The lowest BCUT2D eigenvalue weighted by Gasteiger charge is -2.32. The summed E-state index contributed by atoms with van der Waals surface area (Å²) < 4.78 is 11.2. The predicted molar refractivity (Wildman–Crippen MR) is 61.9 cm³/mol. The van der Waals surface area contributed by atoms with Gasteiger partial charge in [-0.3, -0.25) is 4.79 Å². The first-order chi connectivity index (χ1) is 7.96. The highest BCUT2D eigenvalue weighted by molar-refractivity contribution is 5.67. The first-order valence-electron chi connectivity index (χ1n) is 5.63. The molecule has 1 aliphatic rings. The molecule has 17 heavy (non-hydrogen) atoms. The molecule has 0 radical (unpaired) electrons. The van der Waals surface area contributed by atoms with Gasteiger partial charge in [0.15, 0.2) is 0 Å². The molecule has 0 saturated heterocycles. The minimum atomic E-state index is -0.781. The first-order valence-corrected chi connectivity index (χ1v) is 5.63. The molecular weight excluding hydrogens is 220 g/mol. The fraction of sp³-hybridized carbons (Fsp3) is 0.462. The average Bonchev–Trinajstić information content (AvgIpc) is 2.25. The summed E-state index contributed by atoms with van der Waals surface area (Å²) >= 11 is 0. The molecule has 0 atom stereocenters. The summed E-state index contributed by atoms with van der Waals surface area (Å²) in [5.41, 5.74) is 1.98. The van der Waals surface area contributed by atoms with Gasteiger partial charge >= 0.3 is 5.97 Å². The standard InChI is InChI=1S/C13H16O4/c1-13(2)16-8-10-7-9(4-6-12(14)15)3-5-11(10)17-13/h3,5,7H,4,6,8H2,1-2H3,(H,14,15). The largest absolute Gasteiger partial charge is 0.481 e. The molecule has 1 N–H and O–H groups in total. The molecule has 4 heteroatoms. The molecule has 1 aliphatic heterocycles. The lowest BCUT2D eigenvalue weighted by atomic mass is 10.0.